The van der Waals surface area contributed by atoms with Crippen LogP contribution in [0.2, 0.25) is 0 Å². The minimum absolute atomic E-state index is 0.0225. The van der Waals surface area contributed by atoms with Crippen LogP contribution in [0, 0.1) is 17.6 Å². The summed E-state index contributed by atoms with van der Waals surface area (Å²) in [6.45, 7) is 5.37. The number of rotatable bonds is 4. The van der Waals surface area contributed by atoms with Crippen molar-refractivity contribution < 1.29 is 23.0 Å². The fourth-order valence-corrected chi connectivity index (χ4v) is 6.44. The Kier molecular flexibility index (Phi) is 6.52. The van der Waals surface area contributed by atoms with Gasteiger partial charge in [-0.2, -0.15) is 0 Å². The lowest BCUT2D eigenvalue weighted by atomic mass is 9.86. The first-order valence-corrected chi connectivity index (χ1v) is 13.4. The molecule has 37 heavy (non-hydrogen) atoms. The fourth-order valence-electron chi connectivity index (χ4n) is 6.44. The molecule has 9 heteroatoms. The molecule has 7 nitrogen and oxygen atoms in total. The first kappa shape index (κ1) is 24.6. The van der Waals surface area contributed by atoms with Crippen LogP contribution in [0.15, 0.2) is 24.4 Å². The van der Waals surface area contributed by atoms with Crippen molar-refractivity contribution >= 4 is 28.8 Å². The van der Waals surface area contributed by atoms with Crippen LogP contribution >= 0.6 is 0 Å². The molecule has 0 spiro atoms. The second-order valence-corrected chi connectivity index (χ2v) is 11.0. The minimum atomic E-state index is -0.470. The highest BCUT2D eigenvalue weighted by Gasteiger charge is 2.40. The summed E-state index contributed by atoms with van der Waals surface area (Å²) in [6, 6.07) is 4.89. The molecule has 4 heterocycles. The number of carbonyl (C=O) groups is 1. The van der Waals surface area contributed by atoms with Gasteiger partial charge in [0, 0.05) is 17.5 Å². The van der Waals surface area contributed by atoms with Gasteiger partial charge in [0.05, 0.1) is 67.3 Å². The van der Waals surface area contributed by atoms with E-state index in [1.54, 1.807) is 11.0 Å². The van der Waals surface area contributed by atoms with Crippen LogP contribution in [0.1, 0.15) is 57.9 Å². The van der Waals surface area contributed by atoms with Gasteiger partial charge in [0.1, 0.15) is 17.5 Å². The normalized spacial score (nSPS) is 26.9. The Morgan fingerprint density at radius 3 is 2.49 bits per heavy atom. The van der Waals surface area contributed by atoms with Crippen LogP contribution in [-0.4, -0.2) is 48.4 Å². The number of nitrogens with zero attached hydrogens (tertiary/aromatic N) is 3. The third-order valence-corrected chi connectivity index (χ3v) is 8.14. The SMILES string of the molecule is CC(C)O[C@H]1CC[C@H](C(=O)N2Cc3cc(F)cnc3Nc3cc(F)c(N4C5CCC4COC5)cc32)CC1. The van der Waals surface area contributed by atoms with E-state index in [0.717, 1.165) is 44.7 Å². The van der Waals surface area contributed by atoms with Crippen molar-refractivity contribution in [1.82, 2.24) is 4.98 Å². The second kappa shape index (κ2) is 9.83. The summed E-state index contributed by atoms with van der Waals surface area (Å²) in [7, 11) is 0. The number of aromatic nitrogens is 1. The van der Waals surface area contributed by atoms with E-state index in [0.29, 0.717) is 41.7 Å². The number of morpholine rings is 1. The van der Waals surface area contributed by atoms with E-state index in [1.165, 1.54) is 12.1 Å². The molecule has 3 fully saturated rings. The smallest absolute Gasteiger partial charge is 0.230 e. The summed E-state index contributed by atoms with van der Waals surface area (Å²) < 4.78 is 41.5. The Labute approximate surface area is 216 Å². The van der Waals surface area contributed by atoms with Crippen LogP contribution in [-0.2, 0) is 20.8 Å². The number of benzene rings is 1. The molecule has 1 aromatic heterocycles. The van der Waals surface area contributed by atoms with E-state index in [4.69, 9.17) is 9.47 Å². The number of anilines is 4. The molecule has 6 rings (SSSR count). The molecule has 2 atom stereocenters. The van der Waals surface area contributed by atoms with Crippen molar-refractivity contribution in [2.75, 3.05) is 28.3 Å². The summed E-state index contributed by atoms with van der Waals surface area (Å²) in [4.78, 5) is 22.1. The molecule has 1 aliphatic carbocycles. The Hall–Kier alpha value is -2.78. The fraction of sp³-hybridized carbons (Fsp3) is 0.571. The summed E-state index contributed by atoms with van der Waals surface area (Å²) in [5.41, 5.74) is 2.12. The summed E-state index contributed by atoms with van der Waals surface area (Å²) in [5, 5.41) is 3.18. The van der Waals surface area contributed by atoms with Crippen molar-refractivity contribution in [3.63, 3.8) is 0 Å². The molecule has 0 radical (unpaired) electrons. The quantitative estimate of drug-likeness (QED) is 0.600. The average Bonchev–Trinajstić information content (AvgIpc) is 3.02. The lowest BCUT2D eigenvalue weighted by Gasteiger charge is -2.38. The molecule has 2 aromatic rings. The van der Waals surface area contributed by atoms with Crippen molar-refractivity contribution in [3.05, 3.63) is 41.6 Å². The van der Waals surface area contributed by atoms with Gasteiger partial charge in [0.15, 0.2) is 0 Å². The van der Waals surface area contributed by atoms with E-state index in [9.17, 15) is 9.18 Å². The van der Waals surface area contributed by atoms with Gasteiger partial charge in [0.25, 0.3) is 0 Å². The molecule has 3 aliphatic heterocycles. The number of ether oxygens (including phenoxy) is 2. The van der Waals surface area contributed by atoms with E-state index >= 15 is 4.39 Å². The number of amides is 1. The zero-order valence-corrected chi connectivity index (χ0v) is 21.4. The summed E-state index contributed by atoms with van der Waals surface area (Å²) >= 11 is 0. The molecule has 1 N–H and O–H groups in total. The molecule has 4 aliphatic rings. The Morgan fingerprint density at radius 2 is 1.78 bits per heavy atom. The predicted molar refractivity (Wildman–Crippen MR) is 137 cm³/mol. The zero-order valence-electron chi connectivity index (χ0n) is 21.4. The standard InChI is InChI=1S/C28H34F2N4O3/c1-16(2)37-22-7-3-17(4-8-22)28(35)33-13-18-9-19(29)12-31-27(18)32-24-10-23(30)25(11-26(24)33)34-20-5-6-21(34)15-36-14-20/h9-12,16-17,20-22H,3-8,13-15H2,1-2H3,(H,31,32)/t17-,20?,21?,22-. The molecule has 1 aromatic carbocycles. The summed E-state index contributed by atoms with van der Waals surface area (Å²) in [5.74, 6) is -0.580. The van der Waals surface area contributed by atoms with Crippen LogP contribution in [0.5, 0.6) is 0 Å². The third kappa shape index (κ3) is 4.68. The maximum absolute atomic E-state index is 15.6. The number of hydrogen-bond acceptors (Lipinski definition) is 6. The van der Waals surface area contributed by atoms with Gasteiger partial charge >= 0.3 is 0 Å². The molecule has 1 amide bonds. The number of carbonyl (C=O) groups excluding carboxylic acids is 1. The van der Waals surface area contributed by atoms with E-state index in [2.05, 4.69) is 15.2 Å². The van der Waals surface area contributed by atoms with Gasteiger partial charge in [-0.1, -0.05) is 0 Å². The topological polar surface area (TPSA) is 66.9 Å². The van der Waals surface area contributed by atoms with Crippen molar-refractivity contribution in [2.45, 2.75) is 83.2 Å². The van der Waals surface area contributed by atoms with Crippen molar-refractivity contribution in [3.8, 4) is 0 Å². The predicted octanol–water partition coefficient (Wildman–Crippen LogP) is 5.30. The Bertz CT molecular complexity index is 1170. The second-order valence-electron chi connectivity index (χ2n) is 11.0. The first-order valence-electron chi connectivity index (χ1n) is 13.4. The number of hydrogen-bond donors (Lipinski definition) is 1. The molecule has 2 unspecified atom stereocenters. The summed E-state index contributed by atoms with van der Waals surface area (Å²) in [6.07, 6.45) is 6.48. The minimum Gasteiger partial charge on any atom is -0.377 e. The molecule has 198 valence electrons. The lowest BCUT2D eigenvalue weighted by molar-refractivity contribution is -0.124. The monoisotopic (exact) mass is 512 g/mol. The molecule has 2 saturated heterocycles. The Balaban J connectivity index is 1.36. The molecule has 2 bridgehead atoms. The molecular weight excluding hydrogens is 478 g/mol. The van der Waals surface area contributed by atoms with E-state index in [-0.39, 0.29) is 48.5 Å². The highest BCUT2D eigenvalue weighted by molar-refractivity contribution is 6.00. The highest BCUT2D eigenvalue weighted by atomic mass is 19.1. The van der Waals surface area contributed by atoms with Gasteiger partial charge in [-0.15, -0.1) is 0 Å². The molecule has 1 saturated carbocycles. The van der Waals surface area contributed by atoms with Gasteiger partial charge in [-0.25, -0.2) is 13.8 Å². The van der Waals surface area contributed by atoms with Gasteiger partial charge < -0.3 is 24.6 Å². The number of fused-ring (bicyclic) bond motifs is 4. The maximum Gasteiger partial charge on any atom is 0.230 e. The van der Waals surface area contributed by atoms with E-state index < -0.39 is 5.82 Å². The van der Waals surface area contributed by atoms with Crippen LogP contribution in [0.3, 0.4) is 0 Å². The first-order chi connectivity index (χ1) is 17.9. The van der Waals surface area contributed by atoms with Crippen molar-refractivity contribution in [2.24, 2.45) is 5.92 Å². The van der Waals surface area contributed by atoms with Crippen LogP contribution in [0.25, 0.3) is 0 Å². The van der Waals surface area contributed by atoms with Crippen LogP contribution in [0.4, 0.5) is 31.7 Å². The largest absolute Gasteiger partial charge is 0.377 e. The number of pyridine rings is 1. The highest BCUT2D eigenvalue weighted by Crippen LogP contribution is 2.44. The van der Waals surface area contributed by atoms with Gasteiger partial charge in [-0.3, -0.25) is 4.79 Å². The lowest BCUT2D eigenvalue weighted by Crippen LogP contribution is -2.46. The molecular formula is C28H34F2N4O3. The van der Waals surface area contributed by atoms with Crippen molar-refractivity contribution in [1.29, 1.82) is 0 Å². The number of nitrogens with one attached hydrogen (secondary N) is 1. The zero-order chi connectivity index (χ0) is 25.7. The van der Waals surface area contributed by atoms with E-state index in [1.807, 2.05) is 13.8 Å². The average molecular weight is 513 g/mol. The van der Waals surface area contributed by atoms with Gasteiger partial charge in [0.2, 0.25) is 5.91 Å². The third-order valence-electron chi connectivity index (χ3n) is 8.14. The number of halogens is 2. The Morgan fingerprint density at radius 1 is 1.05 bits per heavy atom. The van der Waals surface area contributed by atoms with Gasteiger partial charge in [-0.05, 0) is 64.5 Å². The van der Waals surface area contributed by atoms with Crippen LogP contribution < -0.4 is 15.1 Å². The maximum atomic E-state index is 15.6.